The normalized spacial score (nSPS) is 10.4. The van der Waals surface area contributed by atoms with Gasteiger partial charge in [-0.3, -0.25) is 4.79 Å². The van der Waals surface area contributed by atoms with Crippen LogP contribution in [0.2, 0.25) is 5.02 Å². The van der Waals surface area contributed by atoms with Gasteiger partial charge in [-0.2, -0.15) is 0 Å². The smallest absolute Gasteiger partial charge is 0.261 e. The number of nitrogen functional groups attached to an aromatic ring is 1. The van der Waals surface area contributed by atoms with Crippen LogP contribution in [-0.2, 0) is 0 Å². The molecule has 2 aromatic carbocycles. The molecule has 0 unspecified atom stereocenters. The van der Waals surface area contributed by atoms with Crippen LogP contribution in [0.25, 0.3) is 0 Å². The lowest BCUT2D eigenvalue weighted by Crippen LogP contribution is -2.17. The van der Waals surface area contributed by atoms with Crippen molar-refractivity contribution >= 4 is 28.9 Å². The van der Waals surface area contributed by atoms with Crippen molar-refractivity contribution in [3.05, 3.63) is 58.4 Å². The Hall–Kier alpha value is -2.21. The minimum atomic E-state index is -1.17. The van der Waals surface area contributed by atoms with E-state index in [1.54, 1.807) is 0 Å². The van der Waals surface area contributed by atoms with Crippen LogP contribution < -0.4 is 11.1 Å². The highest BCUT2D eigenvalue weighted by Gasteiger charge is 2.20. The van der Waals surface area contributed by atoms with Crippen molar-refractivity contribution in [3.63, 3.8) is 0 Å². The zero-order valence-corrected chi connectivity index (χ0v) is 10.6. The van der Waals surface area contributed by atoms with Gasteiger partial charge in [-0.05, 0) is 30.3 Å². The van der Waals surface area contributed by atoms with E-state index >= 15 is 0 Å². The number of hydrogen-bond acceptors (Lipinski definition) is 2. The second kappa shape index (κ2) is 5.42. The summed E-state index contributed by atoms with van der Waals surface area (Å²) in [5.74, 6) is -3.90. The van der Waals surface area contributed by atoms with Crippen molar-refractivity contribution in [2.45, 2.75) is 0 Å². The number of nitrogens with one attached hydrogen (secondary N) is 1. The fraction of sp³-hybridized carbons (Fsp3) is 0. The molecule has 0 aromatic heterocycles. The molecule has 3 nitrogen and oxygen atoms in total. The summed E-state index contributed by atoms with van der Waals surface area (Å²) in [5.41, 5.74) is 4.11. The molecule has 0 atom stereocenters. The molecule has 0 fully saturated rings. The number of rotatable bonds is 2. The van der Waals surface area contributed by atoms with Crippen molar-refractivity contribution in [2.24, 2.45) is 0 Å². The van der Waals surface area contributed by atoms with Gasteiger partial charge >= 0.3 is 0 Å². The molecule has 0 radical (unpaired) electrons. The van der Waals surface area contributed by atoms with E-state index in [2.05, 4.69) is 5.32 Å². The molecular formula is C13H8ClF3N2O. The van der Waals surface area contributed by atoms with Gasteiger partial charge in [0.2, 0.25) is 0 Å². The van der Waals surface area contributed by atoms with E-state index < -0.39 is 28.9 Å². The lowest BCUT2D eigenvalue weighted by Gasteiger charge is -2.09. The summed E-state index contributed by atoms with van der Waals surface area (Å²) in [4.78, 5) is 11.8. The highest BCUT2D eigenvalue weighted by molar-refractivity contribution is 6.33. The predicted molar refractivity (Wildman–Crippen MR) is 70.1 cm³/mol. The van der Waals surface area contributed by atoms with Crippen LogP contribution in [0.15, 0.2) is 30.3 Å². The lowest BCUT2D eigenvalue weighted by atomic mass is 10.1. The molecule has 3 N–H and O–H groups in total. The molecule has 1 amide bonds. The summed E-state index contributed by atoms with van der Waals surface area (Å²) in [6.45, 7) is 0. The van der Waals surface area contributed by atoms with Gasteiger partial charge < -0.3 is 11.1 Å². The Labute approximate surface area is 117 Å². The van der Waals surface area contributed by atoms with Gasteiger partial charge in [0.1, 0.15) is 17.2 Å². The lowest BCUT2D eigenvalue weighted by molar-refractivity contribution is 0.101. The van der Waals surface area contributed by atoms with Crippen LogP contribution in [0, 0.1) is 17.5 Å². The molecular weight excluding hydrogens is 293 g/mol. The fourth-order valence-electron chi connectivity index (χ4n) is 1.55. The molecule has 0 aliphatic carbocycles. The maximum absolute atomic E-state index is 13.7. The number of halogens is 4. The number of anilines is 2. The average molecular weight is 301 g/mol. The number of carbonyl (C=O) groups is 1. The van der Waals surface area contributed by atoms with Gasteiger partial charge in [0.25, 0.3) is 5.91 Å². The van der Waals surface area contributed by atoms with Gasteiger partial charge in [0, 0.05) is 0 Å². The number of hydrogen-bond donors (Lipinski definition) is 2. The molecule has 0 spiro atoms. The third-order valence-corrected chi connectivity index (χ3v) is 2.84. The summed E-state index contributed by atoms with van der Waals surface area (Å²) < 4.78 is 40.0. The number of benzene rings is 2. The van der Waals surface area contributed by atoms with Gasteiger partial charge in [0.15, 0.2) is 5.82 Å². The SMILES string of the molecule is Nc1ccc(F)c(C(=O)Nc2ccc(F)cc2Cl)c1F. The molecule has 0 heterocycles. The first-order valence-electron chi connectivity index (χ1n) is 5.40. The summed E-state index contributed by atoms with van der Waals surface area (Å²) in [6, 6.07) is 5.07. The minimum absolute atomic E-state index is 0.0271. The predicted octanol–water partition coefficient (Wildman–Crippen LogP) is 3.59. The molecule has 0 aliphatic heterocycles. The molecule has 7 heteroatoms. The Morgan fingerprint density at radius 1 is 1.15 bits per heavy atom. The molecule has 0 bridgehead atoms. The standard InChI is InChI=1S/C13H8ClF3N2O/c14-7-5-6(15)1-4-10(7)19-13(20)11-8(16)2-3-9(18)12(11)17/h1-5H,18H2,(H,19,20). The third kappa shape index (κ3) is 2.70. The first kappa shape index (κ1) is 14.2. The molecule has 0 aliphatic rings. The quantitative estimate of drug-likeness (QED) is 0.833. The minimum Gasteiger partial charge on any atom is -0.396 e. The molecule has 104 valence electrons. The van der Waals surface area contributed by atoms with Gasteiger partial charge in [0.05, 0.1) is 16.4 Å². The summed E-state index contributed by atoms with van der Waals surface area (Å²) in [7, 11) is 0. The Kier molecular flexibility index (Phi) is 3.85. The topological polar surface area (TPSA) is 55.1 Å². The van der Waals surface area contributed by atoms with Gasteiger partial charge in [-0.1, -0.05) is 11.6 Å². The Morgan fingerprint density at radius 2 is 1.85 bits per heavy atom. The number of carbonyl (C=O) groups excluding carboxylic acids is 1. The van der Waals surface area contributed by atoms with Crippen molar-refractivity contribution in [1.82, 2.24) is 0 Å². The van der Waals surface area contributed by atoms with E-state index in [1.807, 2.05) is 0 Å². The molecule has 2 rings (SSSR count). The molecule has 0 saturated heterocycles. The second-order valence-electron chi connectivity index (χ2n) is 3.90. The van der Waals surface area contributed by atoms with E-state index in [9.17, 15) is 18.0 Å². The van der Waals surface area contributed by atoms with Crippen LogP contribution in [0.3, 0.4) is 0 Å². The summed E-state index contributed by atoms with van der Waals surface area (Å²) in [6.07, 6.45) is 0. The van der Waals surface area contributed by atoms with Crippen molar-refractivity contribution in [2.75, 3.05) is 11.1 Å². The zero-order valence-electron chi connectivity index (χ0n) is 9.88. The van der Waals surface area contributed by atoms with Gasteiger partial charge in [-0.15, -0.1) is 0 Å². The first-order chi connectivity index (χ1) is 9.40. The van der Waals surface area contributed by atoms with Crippen LogP contribution in [0.1, 0.15) is 10.4 Å². The maximum Gasteiger partial charge on any atom is 0.261 e. The fourth-order valence-corrected chi connectivity index (χ4v) is 1.77. The summed E-state index contributed by atoms with van der Waals surface area (Å²) >= 11 is 5.70. The van der Waals surface area contributed by atoms with Gasteiger partial charge in [-0.25, -0.2) is 13.2 Å². The largest absolute Gasteiger partial charge is 0.396 e. The van der Waals surface area contributed by atoms with Crippen LogP contribution in [0.5, 0.6) is 0 Å². The zero-order chi connectivity index (χ0) is 14.9. The van der Waals surface area contributed by atoms with E-state index in [4.69, 9.17) is 17.3 Å². The Balaban J connectivity index is 2.36. The molecule has 0 saturated carbocycles. The van der Waals surface area contributed by atoms with E-state index in [0.717, 1.165) is 24.3 Å². The second-order valence-corrected chi connectivity index (χ2v) is 4.31. The Bertz CT molecular complexity index is 692. The van der Waals surface area contributed by atoms with Crippen molar-refractivity contribution in [3.8, 4) is 0 Å². The van der Waals surface area contributed by atoms with Crippen LogP contribution in [0.4, 0.5) is 24.5 Å². The van der Waals surface area contributed by atoms with Crippen LogP contribution >= 0.6 is 11.6 Å². The highest BCUT2D eigenvalue weighted by Crippen LogP contribution is 2.25. The number of nitrogens with two attached hydrogens (primary N) is 1. The number of amides is 1. The monoisotopic (exact) mass is 300 g/mol. The first-order valence-corrected chi connectivity index (χ1v) is 5.78. The van der Waals surface area contributed by atoms with Crippen molar-refractivity contribution < 1.29 is 18.0 Å². The van der Waals surface area contributed by atoms with E-state index in [0.29, 0.717) is 0 Å². The summed E-state index contributed by atoms with van der Waals surface area (Å²) in [5, 5.41) is 2.10. The maximum atomic E-state index is 13.7. The molecule has 2 aromatic rings. The van der Waals surface area contributed by atoms with E-state index in [-0.39, 0.29) is 16.4 Å². The Morgan fingerprint density at radius 3 is 2.50 bits per heavy atom. The highest BCUT2D eigenvalue weighted by atomic mass is 35.5. The average Bonchev–Trinajstić information content (AvgIpc) is 2.38. The molecule has 20 heavy (non-hydrogen) atoms. The van der Waals surface area contributed by atoms with E-state index in [1.165, 1.54) is 6.07 Å². The third-order valence-electron chi connectivity index (χ3n) is 2.53. The van der Waals surface area contributed by atoms with Crippen LogP contribution in [-0.4, -0.2) is 5.91 Å². The van der Waals surface area contributed by atoms with Crippen molar-refractivity contribution in [1.29, 1.82) is 0 Å².